The number of primary amides is 1. The highest BCUT2D eigenvalue weighted by atomic mass is 32.2. The Hall–Kier alpha value is -2.62. The fourth-order valence-corrected chi connectivity index (χ4v) is 5.16. The number of ether oxygens (including phenoxy) is 1. The quantitative estimate of drug-likeness (QED) is 0.358. The third kappa shape index (κ3) is 5.50. The van der Waals surface area contributed by atoms with E-state index in [1.54, 1.807) is 22.5 Å². The number of rotatable bonds is 9. The van der Waals surface area contributed by atoms with E-state index in [-0.39, 0.29) is 13.2 Å². The van der Waals surface area contributed by atoms with E-state index in [1.165, 1.54) is 5.56 Å². The molecule has 3 rings (SSSR count). The van der Waals surface area contributed by atoms with Gasteiger partial charge in [0.15, 0.2) is 0 Å². The van der Waals surface area contributed by atoms with E-state index in [4.69, 9.17) is 10.5 Å². The van der Waals surface area contributed by atoms with Crippen molar-refractivity contribution in [2.45, 2.75) is 30.6 Å². The average Bonchev–Trinajstić information content (AvgIpc) is 2.73. The van der Waals surface area contributed by atoms with Crippen LogP contribution >= 0.6 is 0 Å². The molecule has 0 aliphatic carbocycles. The van der Waals surface area contributed by atoms with Gasteiger partial charge in [-0.1, -0.05) is 30.3 Å². The number of hydrogen-bond donors (Lipinski definition) is 2. The third-order valence-corrected chi connectivity index (χ3v) is 7.03. The highest BCUT2D eigenvalue weighted by molar-refractivity contribution is 7.89. The molecule has 2 amide bonds. The standard InChI is InChI=1S/C21H27N3O5S/c22-21(25)24(26)13-5-15-29-19-9-10-20-18(16-19)11-14-23(30(20,27)28)12-4-8-17-6-2-1-3-7-17/h1-3,6-7,9-10,16,26H,4-5,8,11-15H2,(H2,22,25). The van der Waals surface area contributed by atoms with Gasteiger partial charge in [-0.15, -0.1) is 0 Å². The summed E-state index contributed by atoms with van der Waals surface area (Å²) in [5, 5.41) is 9.65. The van der Waals surface area contributed by atoms with Gasteiger partial charge in [0.05, 0.1) is 18.0 Å². The van der Waals surface area contributed by atoms with E-state index in [1.807, 2.05) is 30.3 Å². The summed E-state index contributed by atoms with van der Waals surface area (Å²) >= 11 is 0. The number of carbonyl (C=O) groups is 1. The Balaban J connectivity index is 1.55. The van der Waals surface area contributed by atoms with Gasteiger partial charge in [-0.2, -0.15) is 4.31 Å². The van der Waals surface area contributed by atoms with E-state index in [2.05, 4.69) is 0 Å². The molecule has 1 aliphatic heterocycles. The van der Waals surface area contributed by atoms with E-state index < -0.39 is 16.1 Å². The molecule has 0 saturated carbocycles. The number of hydrogen-bond acceptors (Lipinski definition) is 5. The van der Waals surface area contributed by atoms with Crippen LogP contribution in [0.1, 0.15) is 24.0 Å². The van der Waals surface area contributed by atoms with Gasteiger partial charge in [-0.05, 0) is 48.6 Å². The first-order valence-corrected chi connectivity index (χ1v) is 11.4. The molecule has 0 aromatic heterocycles. The van der Waals surface area contributed by atoms with Gasteiger partial charge in [-0.25, -0.2) is 18.3 Å². The summed E-state index contributed by atoms with van der Waals surface area (Å²) < 4.78 is 33.1. The molecule has 2 aromatic carbocycles. The fourth-order valence-electron chi connectivity index (χ4n) is 3.45. The lowest BCUT2D eigenvalue weighted by Gasteiger charge is -2.28. The Bertz CT molecular complexity index is 966. The van der Waals surface area contributed by atoms with Gasteiger partial charge in [0.25, 0.3) is 0 Å². The summed E-state index contributed by atoms with van der Waals surface area (Å²) in [4.78, 5) is 11.1. The highest BCUT2D eigenvalue weighted by Crippen LogP contribution is 2.29. The number of urea groups is 1. The number of benzene rings is 2. The Labute approximate surface area is 176 Å². The van der Waals surface area contributed by atoms with Crippen molar-refractivity contribution in [3.8, 4) is 5.75 Å². The lowest BCUT2D eigenvalue weighted by molar-refractivity contribution is -0.0418. The number of amides is 2. The van der Waals surface area contributed by atoms with Gasteiger partial charge in [0, 0.05) is 19.5 Å². The third-order valence-electron chi connectivity index (χ3n) is 5.03. The van der Waals surface area contributed by atoms with E-state index in [9.17, 15) is 18.4 Å². The molecule has 0 unspecified atom stereocenters. The SMILES string of the molecule is NC(=O)N(O)CCCOc1ccc2c(c1)CCN(CCCc1ccccc1)S2(=O)=O. The average molecular weight is 434 g/mol. The lowest BCUT2D eigenvalue weighted by atomic mass is 10.1. The van der Waals surface area contributed by atoms with Crippen molar-refractivity contribution in [3.63, 3.8) is 0 Å². The highest BCUT2D eigenvalue weighted by Gasteiger charge is 2.31. The summed E-state index contributed by atoms with van der Waals surface area (Å²) in [6, 6.07) is 14.1. The van der Waals surface area contributed by atoms with E-state index in [0.717, 1.165) is 18.4 Å². The van der Waals surface area contributed by atoms with E-state index in [0.29, 0.717) is 41.6 Å². The molecule has 162 valence electrons. The molecule has 30 heavy (non-hydrogen) atoms. The van der Waals surface area contributed by atoms with Crippen molar-refractivity contribution in [2.75, 3.05) is 26.2 Å². The van der Waals surface area contributed by atoms with Crippen molar-refractivity contribution < 1.29 is 23.2 Å². The van der Waals surface area contributed by atoms with Crippen LogP contribution in [-0.2, 0) is 22.9 Å². The Morgan fingerprint density at radius 1 is 1.17 bits per heavy atom. The molecule has 0 saturated heterocycles. The van der Waals surface area contributed by atoms with Crippen molar-refractivity contribution >= 4 is 16.1 Å². The maximum atomic E-state index is 13.0. The molecule has 0 spiro atoms. The maximum Gasteiger partial charge on any atom is 0.338 e. The summed E-state index contributed by atoms with van der Waals surface area (Å²) in [5.41, 5.74) is 6.88. The fraction of sp³-hybridized carbons (Fsp3) is 0.381. The predicted octanol–water partition coefficient (Wildman–Crippen LogP) is 2.41. The molecule has 0 atom stereocenters. The van der Waals surface area contributed by atoms with Crippen LogP contribution in [0.2, 0.25) is 0 Å². The second-order valence-corrected chi connectivity index (χ2v) is 9.08. The lowest BCUT2D eigenvalue weighted by Crippen LogP contribution is -2.38. The molecule has 0 radical (unpaired) electrons. The summed E-state index contributed by atoms with van der Waals surface area (Å²) in [7, 11) is -3.51. The summed E-state index contributed by atoms with van der Waals surface area (Å²) in [6.45, 7) is 1.27. The first-order chi connectivity index (χ1) is 14.4. The molecule has 0 fully saturated rings. The van der Waals surface area contributed by atoms with Crippen LogP contribution in [0, 0.1) is 0 Å². The van der Waals surface area contributed by atoms with Gasteiger partial charge in [0.1, 0.15) is 5.75 Å². The molecule has 0 bridgehead atoms. The number of nitrogens with zero attached hydrogens (tertiary/aromatic N) is 2. The van der Waals surface area contributed by atoms with Crippen LogP contribution in [0.3, 0.4) is 0 Å². The number of nitrogens with two attached hydrogens (primary N) is 1. The molecule has 1 heterocycles. The Morgan fingerprint density at radius 3 is 2.67 bits per heavy atom. The number of aryl methyl sites for hydroxylation is 1. The maximum absolute atomic E-state index is 13.0. The zero-order valence-electron chi connectivity index (χ0n) is 16.7. The zero-order valence-corrected chi connectivity index (χ0v) is 17.6. The molecule has 1 aliphatic rings. The molecule has 8 nitrogen and oxygen atoms in total. The topological polar surface area (TPSA) is 113 Å². The second-order valence-electron chi connectivity index (χ2n) is 7.18. The monoisotopic (exact) mass is 433 g/mol. The minimum absolute atomic E-state index is 0.0621. The van der Waals surface area contributed by atoms with Crippen molar-refractivity contribution in [3.05, 3.63) is 59.7 Å². The predicted molar refractivity (Wildman–Crippen MR) is 112 cm³/mol. The summed E-state index contributed by atoms with van der Waals surface area (Å²) in [5.74, 6) is 0.560. The largest absolute Gasteiger partial charge is 0.494 e. The van der Waals surface area contributed by atoms with Crippen LogP contribution in [0.25, 0.3) is 0 Å². The minimum atomic E-state index is -3.51. The summed E-state index contributed by atoms with van der Waals surface area (Å²) in [6.07, 6.45) is 2.63. The van der Waals surface area contributed by atoms with Gasteiger partial charge in [0.2, 0.25) is 10.0 Å². The number of sulfonamides is 1. The van der Waals surface area contributed by atoms with Gasteiger partial charge in [-0.3, -0.25) is 5.21 Å². The molecular weight excluding hydrogens is 406 g/mol. The van der Waals surface area contributed by atoms with Crippen LogP contribution < -0.4 is 10.5 Å². The minimum Gasteiger partial charge on any atom is -0.494 e. The zero-order chi connectivity index (χ0) is 21.6. The van der Waals surface area contributed by atoms with E-state index >= 15 is 0 Å². The van der Waals surface area contributed by atoms with Crippen molar-refractivity contribution in [1.82, 2.24) is 9.37 Å². The molecule has 3 N–H and O–H groups in total. The number of fused-ring (bicyclic) bond motifs is 1. The number of hydroxylamine groups is 2. The van der Waals surface area contributed by atoms with Gasteiger partial charge < -0.3 is 10.5 Å². The number of carbonyl (C=O) groups excluding carboxylic acids is 1. The molecule has 9 heteroatoms. The second kappa shape index (κ2) is 9.92. The van der Waals surface area contributed by atoms with Gasteiger partial charge >= 0.3 is 6.03 Å². The smallest absolute Gasteiger partial charge is 0.338 e. The first-order valence-electron chi connectivity index (χ1n) is 9.93. The Kier molecular flexibility index (Phi) is 7.30. The molecular formula is C21H27N3O5S. The van der Waals surface area contributed by atoms with Crippen LogP contribution in [0.4, 0.5) is 4.79 Å². The normalized spacial score (nSPS) is 15.4. The van der Waals surface area contributed by atoms with Crippen LogP contribution in [-0.4, -0.2) is 55.3 Å². The van der Waals surface area contributed by atoms with Crippen molar-refractivity contribution in [2.24, 2.45) is 5.73 Å². The van der Waals surface area contributed by atoms with Crippen molar-refractivity contribution in [1.29, 1.82) is 0 Å². The Morgan fingerprint density at radius 2 is 1.93 bits per heavy atom. The molecule has 2 aromatic rings. The van der Waals surface area contributed by atoms with Crippen LogP contribution in [0.5, 0.6) is 5.75 Å². The van der Waals surface area contributed by atoms with Crippen LogP contribution in [0.15, 0.2) is 53.4 Å². The first kappa shape index (κ1) is 22.1.